The molecule has 3 aliphatic carbocycles. The number of rotatable bonds is 1. The van der Waals surface area contributed by atoms with Gasteiger partial charge in [0.15, 0.2) is 5.72 Å². The minimum atomic E-state index is -0.663. The Morgan fingerprint density at radius 2 is 1.96 bits per heavy atom. The normalized spacial score (nSPS) is 35.5. The number of benzene rings is 1. The summed E-state index contributed by atoms with van der Waals surface area (Å²) in [5.41, 5.74) is -0.0764. The Morgan fingerprint density at radius 3 is 2.70 bits per heavy atom. The lowest BCUT2D eigenvalue weighted by atomic mass is 9.59. The van der Waals surface area contributed by atoms with Gasteiger partial charge in [-0.15, -0.1) is 0 Å². The molecule has 1 aromatic rings. The number of hydrogen-bond acceptors (Lipinski definition) is 4. The zero-order chi connectivity index (χ0) is 18.6. The SMILES string of the molecule is O=C1NC2(CC3CCC2CC3C(=O)N2CCC(O)CC2)Oc2ccccc21. The van der Waals surface area contributed by atoms with E-state index in [0.29, 0.717) is 43.7 Å². The van der Waals surface area contributed by atoms with Crippen molar-refractivity contribution < 1.29 is 19.4 Å². The van der Waals surface area contributed by atoms with Gasteiger partial charge in [0, 0.05) is 31.3 Å². The lowest BCUT2D eigenvalue weighted by molar-refractivity contribution is -0.157. The van der Waals surface area contributed by atoms with E-state index in [1.807, 2.05) is 23.1 Å². The topological polar surface area (TPSA) is 78.9 Å². The highest BCUT2D eigenvalue weighted by atomic mass is 16.5. The molecule has 2 heterocycles. The second kappa shape index (κ2) is 6.23. The van der Waals surface area contributed by atoms with Crippen molar-refractivity contribution >= 4 is 11.8 Å². The minimum Gasteiger partial charge on any atom is -0.467 e. The van der Waals surface area contributed by atoms with Crippen molar-refractivity contribution in [3.63, 3.8) is 0 Å². The summed E-state index contributed by atoms with van der Waals surface area (Å²) >= 11 is 0. The molecule has 1 aromatic carbocycles. The van der Waals surface area contributed by atoms with Crippen LogP contribution in [-0.2, 0) is 4.79 Å². The maximum Gasteiger partial charge on any atom is 0.258 e. The Balaban J connectivity index is 1.35. The summed E-state index contributed by atoms with van der Waals surface area (Å²) in [4.78, 5) is 27.7. The van der Waals surface area contributed by atoms with Gasteiger partial charge in [0.1, 0.15) is 5.75 Å². The number of piperidine rings is 1. The first-order chi connectivity index (χ1) is 13.1. The average Bonchev–Trinajstić information content (AvgIpc) is 2.68. The number of nitrogens with zero attached hydrogens (tertiary/aromatic N) is 1. The van der Waals surface area contributed by atoms with E-state index in [1.165, 1.54) is 0 Å². The molecule has 2 aliphatic heterocycles. The first kappa shape index (κ1) is 17.0. The summed E-state index contributed by atoms with van der Waals surface area (Å²) in [6, 6.07) is 7.38. The van der Waals surface area contributed by atoms with Gasteiger partial charge < -0.3 is 20.1 Å². The number of amides is 2. The monoisotopic (exact) mass is 370 g/mol. The van der Waals surface area contributed by atoms with Gasteiger partial charge in [-0.25, -0.2) is 0 Å². The lowest BCUT2D eigenvalue weighted by Crippen LogP contribution is -2.67. The Labute approximate surface area is 158 Å². The van der Waals surface area contributed by atoms with Crippen molar-refractivity contribution in [2.75, 3.05) is 13.1 Å². The number of ether oxygens (including phenoxy) is 1. The minimum absolute atomic E-state index is 0.0160. The smallest absolute Gasteiger partial charge is 0.258 e. The number of fused-ring (bicyclic) bond motifs is 3. The predicted molar refractivity (Wildman–Crippen MR) is 98.0 cm³/mol. The number of hydrogen-bond donors (Lipinski definition) is 2. The highest BCUT2D eigenvalue weighted by Gasteiger charge is 2.57. The van der Waals surface area contributed by atoms with E-state index in [1.54, 1.807) is 6.07 Å². The van der Waals surface area contributed by atoms with Crippen LogP contribution in [0.5, 0.6) is 5.75 Å². The molecule has 6 rings (SSSR count). The van der Waals surface area contributed by atoms with Crippen LogP contribution in [0.25, 0.3) is 0 Å². The van der Waals surface area contributed by atoms with Gasteiger partial charge in [-0.1, -0.05) is 12.1 Å². The second-order valence-electron chi connectivity index (χ2n) is 8.58. The molecule has 0 radical (unpaired) electrons. The van der Waals surface area contributed by atoms with Crippen molar-refractivity contribution in [3.05, 3.63) is 29.8 Å². The molecule has 6 nitrogen and oxygen atoms in total. The highest BCUT2D eigenvalue weighted by molar-refractivity contribution is 5.98. The third-order valence-electron chi connectivity index (χ3n) is 7.06. The van der Waals surface area contributed by atoms with E-state index in [2.05, 4.69) is 5.32 Å². The molecule has 1 saturated heterocycles. The first-order valence-corrected chi connectivity index (χ1v) is 10.1. The molecule has 2 bridgehead atoms. The largest absolute Gasteiger partial charge is 0.467 e. The molecule has 1 spiro atoms. The molecule has 2 amide bonds. The summed E-state index contributed by atoms with van der Waals surface area (Å²) in [5, 5.41) is 12.8. The number of likely N-dealkylation sites (tertiary alicyclic amines) is 1. The molecule has 0 aromatic heterocycles. The summed E-state index contributed by atoms with van der Waals surface area (Å²) in [6.07, 6.45) is 4.54. The Kier molecular flexibility index (Phi) is 3.93. The van der Waals surface area contributed by atoms with E-state index < -0.39 is 5.72 Å². The summed E-state index contributed by atoms with van der Waals surface area (Å²) in [7, 11) is 0. The molecule has 5 aliphatic rings. The third kappa shape index (κ3) is 2.73. The zero-order valence-electron chi connectivity index (χ0n) is 15.4. The van der Waals surface area contributed by atoms with Crippen LogP contribution in [0.4, 0.5) is 0 Å². The fourth-order valence-electron chi connectivity index (χ4n) is 5.58. The van der Waals surface area contributed by atoms with Crippen LogP contribution in [0, 0.1) is 17.8 Å². The third-order valence-corrected chi connectivity index (χ3v) is 7.06. The average molecular weight is 370 g/mol. The Bertz CT molecular complexity index is 773. The summed E-state index contributed by atoms with van der Waals surface area (Å²) < 4.78 is 6.36. The molecular formula is C21H26N2O4. The van der Waals surface area contributed by atoms with Crippen molar-refractivity contribution in [3.8, 4) is 5.75 Å². The van der Waals surface area contributed by atoms with Crippen LogP contribution in [0.3, 0.4) is 0 Å². The van der Waals surface area contributed by atoms with Gasteiger partial charge in [0.2, 0.25) is 5.91 Å². The zero-order valence-corrected chi connectivity index (χ0v) is 15.4. The van der Waals surface area contributed by atoms with Gasteiger partial charge in [0.05, 0.1) is 11.7 Å². The van der Waals surface area contributed by atoms with Gasteiger partial charge in [-0.2, -0.15) is 0 Å². The van der Waals surface area contributed by atoms with Gasteiger partial charge in [-0.05, 0) is 50.2 Å². The van der Waals surface area contributed by atoms with E-state index in [9.17, 15) is 14.7 Å². The fraction of sp³-hybridized carbons (Fsp3) is 0.619. The van der Waals surface area contributed by atoms with E-state index in [4.69, 9.17) is 4.74 Å². The van der Waals surface area contributed by atoms with Crippen molar-refractivity contribution in [2.24, 2.45) is 17.8 Å². The molecule has 6 heteroatoms. The number of aliphatic hydroxyl groups excluding tert-OH is 1. The summed E-state index contributed by atoms with van der Waals surface area (Å²) in [6.45, 7) is 1.30. The maximum absolute atomic E-state index is 13.1. The predicted octanol–water partition coefficient (Wildman–Crippen LogP) is 1.92. The van der Waals surface area contributed by atoms with Crippen LogP contribution in [0.2, 0.25) is 0 Å². The van der Waals surface area contributed by atoms with Crippen LogP contribution < -0.4 is 10.1 Å². The van der Waals surface area contributed by atoms with Gasteiger partial charge in [-0.3, -0.25) is 9.59 Å². The molecule has 2 N–H and O–H groups in total. The number of carbonyl (C=O) groups excluding carboxylic acids is 2. The molecule has 144 valence electrons. The fourth-order valence-corrected chi connectivity index (χ4v) is 5.58. The Morgan fingerprint density at radius 1 is 1.19 bits per heavy atom. The van der Waals surface area contributed by atoms with Crippen molar-refractivity contribution in [1.29, 1.82) is 0 Å². The molecule has 4 atom stereocenters. The standard InChI is InChI=1S/C21H26N2O4/c24-15-7-9-23(10-8-15)20(26)17-11-14-6-5-13(17)12-21(14)22-19(25)16-3-1-2-4-18(16)27-21/h1-4,13-15,17,24H,5-12H2,(H,22,25). The number of aliphatic hydroxyl groups is 1. The molecule has 3 saturated carbocycles. The van der Waals surface area contributed by atoms with Crippen molar-refractivity contribution in [1.82, 2.24) is 10.2 Å². The van der Waals surface area contributed by atoms with Crippen molar-refractivity contribution in [2.45, 2.75) is 50.4 Å². The molecular weight excluding hydrogens is 344 g/mol. The van der Waals surface area contributed by atoms with Crippen LogP contribution in [0.1, 0.15) is 48.9 Å². The first-order valence-electron chi connectivity index (χ1n) is 10.1. The second-order valence-corrected chi connectivity index (χ2v) is 8.58. The molecule has 4 unspecified atom stereocenters. The molecule has 27 heavy (non-hydrogen) atoms. The van der Waals surface area contributed by atoms with Gasteiger partial charge in [0.25, 0.3) is 5.91 Å². The van der Waals surface area contributed by atoms with Gasteiger partial charge >= 0.3 is 0 Å². The van der Waals surface area contributed by atoms with Crippen LogP contribution >= 0.6 is 0 Å². The number of para-hydroxylation sites is 1. The highest BCUT2D eigenvalue weighted by Crippen LogP contribution is 2.52. The quantitative estimate of drug-likeness (QED) is 0.792. The summed E-state index contributed by atoms with van der Waals surface area (Å²) in [5.74, 6) is 1.22. The number of carbonyl (C=O) groups is 2. The number of nitrogens with one attached hydrogen (secondary N) is 1. The molecule has 4 fully saturated rings. The Hall–Kier alpha value is -2.08. The van der Waals surface area contributed by atoms with E-state index in [0.717, 1.165) is 19.3 Å². The van der Waals surface area contributed by atoms with E-state index >= 15 is 0 Å². The van der Waals surface area contributed by atoms with Crippen LogP contribution in [-0.4, -0.2) is 46.7 Å². The maximum atomic E-state index is 13.1. The lowest BCUT2D eigenvalue weighted by Gasteiger charge is -2.55. The van der Waals surface area contributed by atoms with E-state index in [-0.39, 0.29) is 35.7 Å². The van der Waals surface area contributed by atoms with Crippen LogP contribution in [0.15, 0.2) is 24.3 Å².